The molecule has 20 heavy (non-hydrogen) atoms. The van der Waals surface area contributed by atoms with Crippen molar-refractivity contribution in [3.63, 3.8) is 0 Å². The van der Waals surface area contributed by atoms with E-state index in [0.717, 1.165) is 56.2 Å². The first kappa shape index (κ1) is 17.4. The van der Waals surface area contributed by atoms with Gasteiger partial charge in [0.2, 0.25) is 0 Å². The number of hydrogen-bond donors (Lipinski definition) is 1. The maximum Gasteiger partial charge on any atom is 0.0593 e. The summed E-state index contributed by atoms with van der Waals surface area (Å²) in [5, 5.41) is 0. The lowest BCUT2D eigenvalue weighted by atomic mass is 10.2. The summed E-state index contributed by atoms with van der Waals surface area (Å²) >= 11 is 3.58. The summed E-state index contributed by atoms with van der Waals surface area (Å²) in [4.78, 5) is 2.32. The van der Waals surface area contributed by atoms with Crippen molar-refractivity contribution in [1.29, 1.82) is 0 Å². The lowest BCUT2D eigenvalue weighted by molar-refractivity contribution is 0.0797. The fourth-order valence-corrected chi connectivity index (χ4v) is 2.27. The smallest absolute Gasteiger partial charge is 0.0593 e. The molecule has 0 aromatic heterocycles. The highest BCUT2D eigenvalue weighted by atomic mass is 79.9. The van der Waals surface area contributed by atoms with E-state index in [-0.39, 0.29) is 0 Å². The second-order valence-electron chi connectivity index (χ2n) is 4.52. The van der Waals surface area contributed by atoms with E-state index in [0.29, 0.717) is 0 Å². The van der Waals surface area contributed by atoms with Gasteiger partial charge in [0.25, 0.3) is 0 Å². The normalized spacial score (nSPS) is 11.2. The molecule has 0 unspecified atom stereocenters. The zero-order valence-electron chi connectivity index (χ0n) is 12.4. The Hall–Kier alpha value is -0.620. The highest BCUT2D eigenvalue weighted by Gasteiger charge is 2.09. The fourth-order valence-electron chi connectivity index (χ4n) is 1.90. The maximum atomic E-state index is 5.86. The minimum atomic E-state index is 0.739. The Morgan fingerprint density at radius 2 is 1.70 bits per heavy atom. The predicted molar refractivity (Wildman–Crippen MR) is 86.8 cm³/mol. The molecule has 0 amide bonds. The molecule has 0 atom stereocenters. The summed E-state index contributed by atoms with van der Waals surface area (Å²) in [6, 6.07) is 5.91. The molecule has 4 nitrogen and oxygen atoms in total. The van der Waals surface area contributed by atoms with Gasteiger partial charge >= 0.3 is 0 Å². The van der Waals surface area contributed by atoms with Crippen molar-refractivity contribution in [3.8, 4) is 0 Å². The number of benzene rings is 1. The van der Waals surface area contributed by atoms with Gasteiger partial charge in [-0.15, -0.1) is 0 Å². The van der Waals surface area contributed by atoms with Crippen LogP contribution in [0.3, 0.4) is 0 Å². The third-order valence-corrected chi connectivity index (χ3v) is 3.75. The van der Waals surface area contributed by atoms with E-state index in [4.69, 9.17) is 15.2 Å². The zero-order valence-corrected chi connectivity index (χ0v) is 14.0. The predicted octanol–water partition coefficient (Wildman–Crippen LogP) is 2.91. The van der Waals surface area contributed by atoms with Crippen LogP contribution in [0.5, 0.6) is 0 Å². The van der Waals surface area contributed by atoms with E-state index in [2.05, 4.69) is 20.8 Å². The fraction of sp³-hybridized carbons (Fsp3) is 0.600. The Morgan fingerprint density at radius 1 is 1.10 bits per heavy atom. The Balaban J connectivity index is 2.58. The van der Waals surface area contributed by atoms with Crippen molar-refractivity contribution >= 4 is 21.6 Å². The van der Waals surface area contributed by atoms with Crippen molar-refractivity contribution in [2.24, 2.45) is 0 Å². The highest BCUT2D eigenvalue weighted by Crippen LogP contribution is 2.21. The third kappa shape index (κ3) is 6.70. The largest absolute Gasteiger partial charge is 0.399 e. The molecular formula is C15H25BrN2O2. The average molecular weight is 345 g/mol. The molecule has 5 heteroatoms. The number of halogens is 1. The molecule has 0 heterocycles. The van der Waals surface area contributed by atoms with E-state index in [9.17, 15) is 0 Å². The number of anilines is 1. The van der Waals surface area contributed by atoms with Crippen molar-refractivity contribution in [2.45, 2.75) is 20.4 Å². The van der Waals surface area contributed by atoms with Gasteiger partial charge in [-0.2, -0.15) is 0 Å². The Morgan fingerprint density at radius 3 is 2.25 bits per heavy atom. The molecule has 0 saturated heterocycles. The summed E-state index contributed by atoms with van der Waals surface area (Å²) in [6.45, 7) is 9.63. The van der Waals surface area contributed by atoms with Gasteiger partial charge in [0, 0.05) is 43.0 Å². The first-order valence-electron chi connectivity index (χ1n) is 7.09. The highest BCUT2D eigenvalue weighted by molar-refractivity contribution is 9.10. The first-order valence-corrected chi connectivity index (χ1v) is 7.88. The van der Waals surface area contributed by atoms with Gasteiger partial charge in [-0.1, -0.05) is 15.9 Å². The Labute approximate surface area is 130 Å². The van der Waals surface area contributed by atoms with Crippen LogP contribution in [0, 0.1) is 0 Å². The lowest BCUT2D eigenvalue weighted by Gasteiger charge is -2.23. The summed E-state index contributed by atoms with van der Waals surface area (Å²) < 4.78 is 12.0. The molecule has 0 fully saturated rings. The van der Waals surface area contributed by atoms with Crippen molar-refractivity contribution in [1.82, 2.24) is 4.90 Å². The minimum absolute atomic E-state index is 0.739. The quantitative estimate of drug-likeness (QED) is 0.523. The van der Waals surface area contributed by atoms with Crippen molar-refractivity contribution in [3.05, 3.63) is 28.2 Å². The van der Waals surface area contributed by atoms with Gasteiger partial charge in [0.05, 0.1) is 13.2 Å². The summed E-state index contributed by atoms with van der Waals surface area (Å²) in [5.74, 6) is 0. The van der Waals surface area contributed by atoms with Gasteiger partial charge in [0.1, 0.15) is 0 Å². The Bertz CT molecular complexity index is 378. The average Bonchev–Trinajstić information content (AvgIpc) is 2.43. The van der Waals surface area contributed by atoms with Crippen LogP contribution in [0.15, 0.2) is 22.7 Å². The molecule has 2 N–H and O–H groups in total. The molecule has 0 saturated carbocycles. The van der Waals surface area contributed by atoms with Crippen LogP contribution in [-0.4, -0.2) is 44.4 Å². The maximum absolute atomic E-state index is 5.86. The monoisotopic (exact) mass is 344 g/mol. The summed E-state index contributed by atoms with van der Waals surface area (Å²) in [6.07, 6.45) is 0. The Kier molecular flexibility index (Phi) is 8.85. The second kappa shape index (κ2) is 10.2. The van der Waals surface area contributed by atoms with E-state index in [1.807, 2.05) is 32.0 Å². The van der Waals surface area contributed by atoms with Gasteiger partial charge < -0.3 is 15.2 Å². The first-order chi connectivity index (χ1) is 9.67. The van der Waals surface area contributed by atoms with Gasteiger partial charge in [-0.25, -0.2) is 0 Å². The van der Waals surface area contributed by atoms with Crippen molar-refractivity contribution in [2.75, 3.05) is 45.3 Å². The van der Waals surface area contributed by atoms with Gasteiger partial charge in [-0.3, -0.25) is 4.90 Å². The van der Waals surface area contributed by atoms with Gasteiger partial charge in [-0.05, 0) is 37.6 Å². The molecule has 1 rings (SSSR count). The standard InChI is InChI=1S/C15H25BrN2O2/c1-3-19-9-7-18(8-10-20-4-2)12-13-11-14(17)5-6-15(13)16/h5-6,11H,3-4,7-10,12,17H2,1-2H3. The molecule has 0 aliphatic carbocycles. The second-order valence-corrected chi connectivity index (χ2v) is 5.38. The number of nitrogens with zero attached hydrogens (tertiary/aromatic N) is 1. The third-order valence-electron chi connectivity index (χ3n) is 2.98. The van der Waals surface area contributed by atoms with Crippen LogP contribution >= 0.6 is 15.9 Å². The zero-order chi connectivity index (χ0) is 14.8. The van der Waals surface area contributed by atoms with E-state index in [1.165, 1.54) is 5.56 Å². The molecule has 114 valence electrons. The van der Waals surface area contributed by atoms with Crippen molar-refractivity contribution < 1.29 is 9.47 Å². The molecule has 0 radical (unpaired) electrons. The molecule has 0 bridgehead atoms. The van der Waals surface area contributed by atoms with Crippen LogP contribution in [0.2, 0.25) is 0 Å². The molecule has 0 aliphatic rings. The molecule has 1 aromatic carbocycles. The SMILES string of the molecule is CCOCCN(CCOCC)Cc1cc(N)ccc1Br. The number of ether oxygens (including phenoxy) is 2. The number of rotatable bonds is 10. The van der Waals surface area contributed by atoms with Crippen LogP contribution in [0.25, 0.3) is 0 Å². The molecule has 0 aliphatic heterocycles. The number of hydrogen-bond acceptors (Lipinski definition) is 4. The number of nitrogen functional groups attached to an aromatic ring is 1. The van der Waals surface area contributed by atoms with E-state index < -0.39 is 0 Å². The molecular weight excluding hydrogens is 320 g/mol. The molecule has 1 aromatic rings. The van der Waals surface area contributed by atoms with Crippen LogP contribution in [0.4, 0.5) is 5.69 Å². The minimum Gasteiger partial charge on any atom is -0.399 e. The lowest BCUT2D eigenvalue weighted by Crippen LogP contribution is -2.31. The topological polar surface area (TPSA) is 47.7 Å². The summed E-state index contributed by atoms with van der Waals surface area (Å²) in [5.41, 5.74) is 7.84. The van der Waals surface area contributed by atoms with E-state index >= 15 is 0 Å². The van der Waals surface area contributed by atoms with Crippen LogP contribution < -0.4 is 5.73 Å². The van der Waals surface area contributed by atoms with Crippen LogP contribution in [0.1, 0.15) is 19.4 Å². The summed E-state index contributed by atoms with van der Waals surface area (Å²) in [7, 11) is 0. The number of nitrogens with two attached hydrogens (primary N) is 1. The van der Waals surface area contributed by atoms with Crippen LogP contribution in [-0.2, 0) is 16.0 Å². The molecule has 0 spiro atoms. The van der Waals surface area contributed by atoms with Gasteiger partial charge in [0.15, 0.2) is 0 Å². The van der Waals surface area contributed by atoms with E-state index in [1.54, 1.807) is 0 Å².